The minimum atomic E-state index is -0.853. The molecular formula is C30H30N2O3S. The van der Waals surface area contributed by atoms with E-state index < -0.39 is 5.97 Å². The number of allylic oxidation sites excluding steroid dienone is 1. The zero-order chi connectivity index (χ0) is 25.0. The van der Waals surface area contributed by atoms with Gasteiger partial charge in [0, 0.05) is 11.6 Å². The molecule has 0 saturated carbocycles. The van der Waals surface area contributed by atoms with Gasteiger partial charge in [-0.2, -0.15) is 0 Å². The molecule has 2 heterocycles. The van der Waals surface area contributed by atoms with Crippen LogP contribution in [0.4, 0.5) is 0 Å². The van der Waals surface area contributed by atoms with Gasteiger partial charge >= 0.3 is 5.97 Å². The molecule has 5 rings (SSSR count). The van der Waals surface area contributed by atoms with E-state index in [0.717, 1.165) is 53.7 Å². The number of fused-ring (bicyclic) bond motifs is 2. The van der Waals surface area contributed by atoms with Crippen LogP contribution in [0.25, 0.3) is 6.08 Å². The first-order valence-corrected chi connectivity index (χ1v) is 13.2. The third-order valence-corrected chi connectivity index (χ3v) is 8.10. The Hall–Kier alpha value is -3.40. The number of thiazole rings is 1. The summed E-state index contributed by atoms with van der Waals surface area (Å²) >= 11 is 1.70. The Morgan fingerprint density at radius 2 is 1.97 bits per heavy atom. The van der Waals surface area contributed by atoms with E-state index in [9.17, 15) is 4.79 Å². The van der Waals surface area contributed by atoms with E-state index in [0.29, 0.717) is 6.61 Å². The van der Waals surface area contributed by atoms with Crippen molar-refractivity contribution in [2.45, 2.75) is 50.7 Å². The molecule has 0 amide bonds. The molecule has 1 aromatic heterocycles. The number of ether oxygens (including phenoxy) is 1. The third-order valence-electron chi connectivity index (χ3n) is 7.15. The number of likely N-dealkylation sites (tertiary alicyclic amines) is 1. The maximum Gasteiger partial charge on any atom is 0.304 e. The zero-order valence-corrected chi connectivity index (χ0v) is 21.3. The van der Waals surface area contributed by atoms with Crippen molar-refractivity contribution in [3.8, 4) is 17.6 Å². The Morgan fingerprint density at radius 3 is 2.72 bits per heavy atom. The van der Waals surface area contributed by atoms with Crippen LogP contribution in [0.3, 0.4) is 0 Å². The third kappa shape index (κ3) is 5.38. The van der Waals surface area contributed by atoms with Crippen LogP contribution in [-0.2, 0) is 23.4 Å². The molecule has 3 aromatic rings. The Morgan fingerprint density at radius 1 is 1.19 bits per heavy atom. The summed E-state index contributed by atoms with van der Waals surface area (Å²) in [6, 6.07) is 16.3. The molecule has 2 aromatic carbocycles. The highest BCUT2D eigenvalue weighted by Gasteiger charge is 2.37. The summed E-state index contributed by atoms with van der Waals surface area (Å²) in [4.78, 5) is 19.4. The number of nitrogens with zero attached hydrogens (tertiary/aromatic N) is 2. The summed E-state index contributed by atoms with van der Waals surface area (Å²) in [7, 11) is 0. The van der Waals surface area contributed by atoms with Gasteiger partial charge in [-0.1, -0.05) is 54.5 Å². The van der Waals surface area contributed by atoms with Crippen LogP contribution in [-0.4, -0.2) is 34.0 Å². The van der Waals surface area contributed by atoms with E-state index in [1.54, 1.807) is 18.3 Å². The fourth-order valence-corrected chi connectivity index (χ4v) is 6.09. The zero-order valence-electron chi connectivity index (χ0n) is 20.4. The number of carboxylic acid groups (broad SMARTS) is 1. The van der Waals surface area contributed by atoms with Crippen LogP contribution in [0.5, 0.6) is 5.75 Å². The first-order chi connectivity index (χ1) is 17.5. The smallest absolute Gasteiger partial charge is 0.304 e. The van der Waals surface area contributed by atoms with Gasteiger partial charge < -0.3 is 9.84 Å². The number of rotatable bonds is 8. The molecule has 0 unspecified atom stereocenters. The lowest BCUT2D eigenvalue weighted by atomic mass is 9.74. The fourth-order valence-electron chi connectivity index (χ4n) is 5.21. The summed E-state index contributed by atoms with van der Waals surface area (Å²) < 4.78 is 5.96. The number of benzene rings is 2. The van der Waals surface area contributed by atoms with Crippen LogP contribution < -0.4 is 4.74 Å². The van der Waals surface area contributed by atoms with Crippen molar-refractivity contribution in [1.29, 1.82) is 0 Å². The fraction of sp³-hybridized carbons (Fsp3) is 0.333. The van der Waals surface area contributed by atoms with Gasteiger partial charge in [0.15, 0.2) is 0 Å². The summed E-state index contributed by atoms with van der Waals surface area (Å²) in [6.45, 7) is 5.21. The molecule has 1 N–H and O–H groups in total. The van der Waals surface area contributed by atoms with Crippen LogP contribution in [0.1, 0.15) is 58.7 Å². The molecular weight excluding hydrogens is 468 g/mol. The number of hydrogen-bond donors (Lipinski definition) is 1. The normalized spacial score (nSPS) is 16.8. The second-order valence-corrected chi connectivity index (χ2v) is 10.7. The maximum atomic E-state index is 11.1. The molecule has 1 fully saturated rings. The van der Waals surface area contributed by atoms with Crippen molar-refractivity contribution in [3.63, 3.8) is 0 Å². The number of aliphatic carboxylic acids is 1. The van der Waals surface area contributed by atoms with Crippen molar-refractivity contribution in [2.75, 3.05) is 13.1 Å². The van der Waals surface area contributed by atoms with Crippen molar-refractivity contribution in [1.82, 2.24) is 9.88 Å². The lowest BCUT2D eigenvalue weighted by Gasteiger charge is -2.39. The van der Waals surface area contributed by atoms with Crippen molar-refractivity contribution in [3.05, 3.63) is 87.4 Å². The van der Waals surface area contributed by atoms with E-state index in [2.05, 4.69) is 58.1 Å². The van der Waals surface area contributed by atoms with E-state index in [1.807, 2.05) is 30.5 Å². The molecule has 2 aliphatic rings. The molecule has 1 saturated heterocycles. The summed E-state index contributed by atoms with van der Waals surface area (Å²) in [5.74, 6) is 5.39. The Bertz CT molecular complexity index is 1310. The Labute approximate surface area is 216 Å². The largest absolute Gasteiger partial charge is 0.488 e. The van der Waals surface area contributed by atoms with Crippen molar-refractivity contribution >= 4 is 23.4 Å². The van der Waals surface area contributed by atoms with Crippen LogP contribution in [0.2, 0.25) is 0 Å². The summed E-state index contributed by atoms with van der Waals surface area (Å²) in [6.07, 6.45) is 8.91. The Kier molecular flexibility index (Phi) is 7.22. The second kappa shape index (κ2) is 10.7. The summed E-state index contributed by atoms with van der Waals surface area (Å²) in [5.41, 5.74) is 3.96. The van der Waals surface area contributed by atoms with Gasteiger partial charge in [-0.25, -0.2) is 4.98 Å². The van der Waals surface area contributed by atoms with E-state index >= 15 is 0 Å². The van der Waals surface area contributed by atoms with Gasteiger partial charge in [0.25, 0.3) is 0 Å². The molecule has 184 valence electrons. The average Bonchev–Trinajstić information content (AvgIpc) is 3.49. The van der Waals surface area contributed by atoms with Gasteiger partial charge in [-0.15, -0.1) is 17.3 Å². The number of piperidine rings is 1. The van der Waals surface area contributed by atoms with E-state index in [-0.39, 0.29) is 17.8 Å². The molecule has 1 atom stereocenters. The van der Waals surface area contributed by atoms with Crippen LogP contribution in [0.15, 0.2) is 60.8 Å². The van der Waals surface area contributed by atoms with Gasteiger partial charge in [-0.3, -0.25) is 9.69 Å². The molecule has 36 heavy (non-hydrogen) atoms. The van der Waals surface area contributed by atoms with Crippen LogP contribution in [0, 0.1) is 11.8 Å². The second-order valence-electron chi connectivity index (χ2n) is 9.48. The molecule has 5 nitrogen and oxygen atoms in total. The Balaban J connectivity index is 1.12. The SMILES string of the molecule is CC#C[C@@H](CC(=O)O)c1ccc(OCc2cnc(CN3CCC4(C=Cc5ccccc54)CC3)s2)cc1. The number of carbonyl (C=O) groups is 1. The molecule has 1 spiro atoms. The maximum absolute atomic E-state index is 11.1. The van der Waals surface area contributed by atoms with Gasteiger partial charge in [-0.05, 0) is 61.7 Å². The standard InChI is InChI=1S/C30H30N2O3S/c1-2-5-24(18-29(33)34)22-8-10-25(11-9-22)35-21-26-19-31-28(36-26)20-32-16-14-30(15-17-32)13-12-23-6-3-4-7-27(23)30/h3-4,6-13,19,24H,14-18,20-21H2,1H3,(H,33,34)/t24-/m0/s1. The molecule has 1 aliphatic heterocycles. The highest BCUT2D eigenvalue weighted by Crippen LogP contribution is 2.43. The van der Waals surface area contributed by atoms with Gasteiger partial charge in [0.05, 0.1) is 23.8 Å². The minimum Gasteiger partial charge on any atom is -0.488 e. The molecule has 1 aliphatic carbocycles. The highest BCUT2D eigenvalue weighted by molar-refractivity contribution is 7.11. The lowest BCUT2D eigenvalue weighted by Crippen LogP contribution is -2.40. The van der Waals surface area contributed by atoms with Gasteiger partial charge in [0.1, 0.15) is 17.4 Å². The number of aromatic nitrogens is 1. The monoisotopic (exact) mass is 498 g/mol. The average molecular weight is 499 g/mol. The topological polar surface area (TPSA) is 62.7 Å². The molecule has 0 bridgehead atoms. The van der Waals surface area contributed by atoms with Crippen molar-refractivity contribution in [2.24, 2.45) is 0 Å². The van der Waals surface area contributed by atoms with Crippen LogP contribution >= 0.6 is 11.3 Å². The summed E-state index contributed by atoms with van der Waals surface area (Å²) in [5, 5.41) is 10.2. The highest BCUT2D eigenvalue weighted by atomic mass is 32.1. The minimum absolute atomic E-state index is 0.00726. The predicted octanol–water partition coefficient (Wildman–Crippen LogP) is 5.86. The lowest BCUT2D eigenvalue weighted by molar-refractivity contribution is -0.137. The quantitative estimate of drug-likeness (QED) is 0.394. The van der Waals surface area contributed by atoms with Gasteiger partial charge in [0.2, 0.25) is 0 Å². The predicted molar refractivity (Wildman–Crippen MR) is 143 cm³/mol. The van der Waals surface area contributed by atoms with E-state index in [1.165, 1.54) is 11.1 Å². The van der Waals surface area contributed by atoms with E-state index in [4.69, 9.17) is 9.84 Å². The number of hydrogen-bond acceptors (Lipinski definition) is 5. The van der Waals surface area contributed by atoms with Crippen molar-refractivity contribution < 1.29 is 14.6 Å². The molecule has 6 heteroatoms. The number of carboxylic acids is 1. The first kappa shape index (κ1) is 24.3. The molecule has 0 radical (unpaired) electrons. The first-order valence-electron chi connectivity index (χ1n) is 12.4.